The second-order valence-corrected chi connectivity index (χ2v) is 4.08. The Morgan fingerprint density at radius 2 is 2.06 bits per heavy atom. The predicted molar refractivity (Wildman–Crippen MR) is 63.4 cm³/mol. The van der Waals surface area contributed by atoms with Crippen molar-refractivity contribution in [2.75, 3.05) is 0 Å². The third-order valence-electron chi connectivity index (χ3n) is 2.62. The second kappa shape index (κ2) is 5.57. The second-order valence-electron chi connectivity index (χ2n) is 4.08. The molecule has 3 nitrogen and oxygen atoms in total. The zero-order valence-electron chi connectivity index (χ0n) is 10.2. The highest BCUT2D eigenvalue weighted by molar-refractivity contribution is 6.42. The quantitative estimate of drug-likeness (QED) is 0.644. The molecule has 1 amide bonds. The van der Waals surface area contributed by atoms with Crippen molar-refractivity contribution in [3.05, 3.63) is 35.1 Å². The summed E-state index contributed by atoms with van der Waals surface area (Å²) in [6, 6.07) is 3.85. The van der Waals surface area contributed by atoms with Crippen LogP contribution in [0.4, 0.5) is 4.39 Å². The number of Topliss-reactive ketones (excluding diaryl/α,β-unsaturated/α-hetero) is 1. The van der Waals surface area contributed by atoms with Crippen LogP contribution in [0.5, 0.6) is 0 Å². The number of ketones is 1. The number of benzene rings is 1. The maximum atomic E-state index is 13.0. The van der Waals surface area contributed by atoms with Gasteiger partial charge in [0, 0.05) is 11.6 Å². The van der Waals surface area contributed by atoms with Crippen molar-refractivity contribution in [2.45, 2.75) is 33.2 Å². The first-order chi connectivity index (χ1) is 7.95. The fourth-order valence-electron chi connectivity index (χ4n) is 1.31. The van der Waals surface area contributed by atoms with Gasteiger partial charge in [0.05, 0.1) is 0 Å². The summed E-state index contributed by atoms with van der Waals surface area (Å²) >= 11 is 0. The van der Waals surface area contributed by atoms with Gasteiger partial charge in [0.2, 0.25) is 5.78 Å². The SMILES string of the molecule is CCC(C)NC(=O)C(=O)c1ccc(F)c(C)c1. The molecule has 0 aliphatic carbocycles. The zero-order chi connectivity index (χ0) is 13.0. The van der Waals surface area contributed by atoms with Gasteiger partial charge in [-0.3, -0.25) is 9.59 Å². The molecule has 4 heteroatoms. The summed E-state index contributed by atoms with van der Waals surface area (Å²) < 4.78 is 13.0. The first-order valence-electron chi connectivity index (χ1n) is 5.57. The summed E-state index contributed by atoms with van der Waals surface area (Å²) in [6.45, 7) is 5.29. The molecular formula is C13H16FNO2. The Bertz CT molecular complexity index is 443. The van der Waals surface area contributed by atoms with Gasteiger partial charge in [-0.05, 0) is 44.0 Å². The molecule has 17 heavy (non-hydrogen) atoms. The van der Waals surface area contributed by atoms with Gasteiger partial charge in [-0.25, -0.2) is 4.39 Å². The Labute approximate surface area is 100 Å². The maximum absolute atomic E-state index is 13.0. The van der Waals surface area contributed by atoms with E-state index in [1.807, 2.05) is 13.8 Å². The number of carbonyl (C=O) groups excluding carboxylic acids is 2. The van der Waals surface area contributed by atoms with Crippen molar-refractivity contribution < 1.29 is 14.0 Å². The molecule has 0 heterocycles. The highest BCUT2D eigenvalue weighted by atomic mass is 19.1. The molecule has 0 saturated carbocycles. The number of hydrogen-bond acceptors (Lipinski definition) is 2. The summed E-state index contributed by atoms with van der Waals surface area (Å²) in [7, 11) is 0. The molecule has 1 unspecified atom stereocenters. The molecule has 0 aromatic heterocycles. The average Bonchev–Trinajstić information content (AvgIpc) is 2.31. The molecule has 1 N–H and O–H groups in total. The lowest BCUT2D eigenvalue weighted by molar-refractivity contribution is -0.117. The van der Waals surface area contributed by atoms with Crippen LogP contribution in [0, 0.1) is 12.7 Å². The molecule has 0 fully saturated rings. The lowest BCUT2D eigenvalue weighted by Crippen LogP contribution is -2.37. The Morgan fingerprint density at radius 3 is 2.59 bits per heavy atom. The Balaban J connectivity index is 2.82. The van der Waals surface area contributed by atoms with Crippen LogP contribution in [0.15, 0.2) is 18.2 Å². The van der Waals surface area contributed by atoms with Crippen LogP contribution in [0.3, 0.4) is 0 Å². The molecule has 0 aliphatic heterocycles. The molecule has 0 spiro atoms. The number of aryl methyl sites for hydroxylation is 1. The van der Waals surface area contributed by atoms with E-state index in [9.17, 15) is 14.0 Å². The number of amides is 1. The Morgan fingerprint density at radius 1 is 1.41 bits per heavy atom. The van der Waals surface area contributed by atoms with Gasteiger partial charge < -0.3 is 5.32 Å². The number of rotatable bonds is 4. The third kappa shape index (κ3) is 3.37. The first-order valence-corrected chi connectivity index (χ1v) is 5.57. The van der Waals surface area contributed by atoms with Crippen LogP contribution in [0.2, 0.25) is 0 Å². The number of hydrogen-bond donors (Lipinski definition) is 1. The largest absolute Gasteiger partial charge is 0.347 e. The summed E-state index contributed by atoms with van der Waals surface area (Å²) in [5.41, 5.74) is 0.567. The van der Waals surface area contributed by atoms with Gasteiger partial charge in [0.15, 0.2) is 0 Å². The third-order valence-corrected chi connectivity index (χ3v) is 2.62. The molecule has 0 aliphatic rings. The lowest BCUT2D eigenvalue weighted by Gasteiger charge is -2.10. The van der Waals surface area contributed by atoms with Crippen LogP contribution in [0.1, 0.15) is 36.2 Å². The van der Waals surface area contributed by atoms with Gasteiger partial charge in [-0.1, -0.05) is 6.92 Å². The Hall–Kier alpha value is -1.71. The fraction of sp³-hybridized carbons (Fsp3) is 0.385. The lowest BCUT2D eigenvalue weighted by atomic mass is 10.1. The minimum absolute atomic E-state index is 0.0482. The molecule has 1 aromatic carbocycles. The monoisotopic (exact) mass is 237 g/mol. The van der Waals surface area contributed by atoms with E-state index in [4.69, 9.17) is 0 Å². The van der Waals surface area contributed by atoms with Crippen molar-refractivity contribution in [3.8, 4) is 0 Å². The smallest absolute Gasteiger partial charge is 0.292 e. The molecule has 92 valence electrons. The molecule has 1 atom stereocenters. The molecule has 0 bridgehead atoms. The normalized spacial score (nSPS) is 12.0. The van der Waals surface area contributed by atoms with Gasteiger partial charge in [-0.15, -0.1) is 0 Å². The predicted octanol–water partition coefficient (Wildman–Crippen LogP) is 2.23. The topological polar surface area (TPSA) is 46.2 Å². The van der Waals surface area contributed by atoms with Crippen LogP contribution in [-0.2, 0) is 4.79 Å². The summed E-state index contributed by atoms with van der Waals surface area (Å²) in [6.07, 6.45) is 0.751. The van der Waals surface area contributed by atoms with Gasteiger partial charge in [0.25, 0.3) is 5.91 Å². The molecule has 0 saturated heterocycles. The minimum Gasteiger partial charge on any atom is -0.347 e. The van der Waals surface area contributed by atoms with Crippen LogP contribution in [-0.4, -0.2) is 17.7 Å². The molecule has 1 rings (SSSR count). The number of carbonyl (C=O) groups is 2. The summed E-state index contributed by atoms with van der Waals surface area (Å²) in [4.78, 5) is 23.3. The molecular weight excluding hydrogens is 221 g/mol. The zero-order valence-corrected chi connectivity index (χ0v) is 10.2. The van der Waals surface area contributed by atoms with E-state index in [2.05, 4.69) is 5.32 Å². The van der Waals surface area contributed by atoms with Crippen molar-refractivity contribution in [1.82, 2.24) is 5.32 Å². The fourth-order valence-corrected chi connectivity index (χ4v) is 1.31. The van der Waals surface area contributed by atoms with E-state index in [-0.39, 0.29) is 17.4 Å². The van der Waals surface area contributed by atoms with E-state index in [0.717, 1.165) is 6.42 Å². The van der Waals surface area contributed by atoms with E-state index in [1.165, 1.54) is 18.2 Å². The van der Waals surface area contributed by atoms with E-state index in [1.54, 1.807) is 6.92 Å². The summed E-state index contributed by atoms with van der Waals surface area (Å²) in [5, 5.41) is 2.58. The van der Waals surface area contributed by atoms with Gasteiger partial charge in [-0.2, -0.15) is 0 Å². The van der Waals surface area contributed by atoms with Crippen LogP contribution >= 0.6 is 0 Å². The van der Waals surface area contributed by atoms with E-state index >= 15 is 0 Å². The Kier molecular flexibility index (Phi) is 4.37. The van der Waals surface area contributed by atoms with Crippen LogP contribution < -0.4 is 5.32 Å². The maximum Gasteiger partial charge on any atom is 0.292 e. The minimum atomic E-state index is -0.648. The average molecular weight is 237 g/mol. The highest BCUT2D eigenvalue weighted by Crippen LogP contribution is 2.10. The van der Waals surface area contributed by atoms with E-state index in [0.29, 0.717) is 5.56 Å². The standard InChI is InChI=1S/C13H16FNO2/c1-4-9(3)15-13(17)12(16)10-5-6-11(14)8(2)7-10/h5-7,9H,4H2,1-3H3,(H,15,17). The summed E-state index contributed by atoms with van der Waals surface area (Å²) in [5.74, 6) is -1.66. The number of halogens is 1. The van der Waals surface area contributed by atoms with Crippen molar-refractivity contribution >= 4 is 11.7 Å². The van der Waals surface area contributed by atoms with Crippen molar-refractivity contribution in [3.63, 3.8) is 0 Å². The molecule has 0 radical (unpaired) electrons. The number of nitrogens with one attached hydrogen (secondary N) is 1. The molecule has 1 aromatic rings. The highest BCUT2D eigenvalue weighted by Gasteiger charge is 2.18. The van der Waals surface area contributed by atoms with Gasteiger partial charge >= 0.3 is 0 Å². The van der Waals surface area contributed by atoms with Gasteiger partial charge in [0.1, 0.15) is 5.82 Å². The van der Waals surface area contributed by atoms with Crippen molar-refractivity contribution in [1.29, 1.82) is 0 Å². The van der Waals surface area contributed by atoms with E-state index < -0.39 is 11.7 Å². The van der Waals surface area contributed by atoms with Crippen LogP contribution in [0.25, 0.3) is 0 Å². The van der Waals surface area contributed by atoms with Crippen molar-refractivity contribution in [2.24, 2.45) is 0 Å². The first kappa shape index (κ1) is 13.4.